The number of carbonyl (C=O) groups excluding carboxylic acids is 10. The molecule has 3 fully saturated rings. The molecule has 0 amide bonds. The summed E-state index contributed by atoms with van der Waals surface area (Å²) >= 11 is 18.5. The van der Waals surface area contributed by atoms with Gasteiger partial charge in [0.25, 0.3) is 3.79 Å². The number of halogens is 3. The van der Waals surface area contributed by atoms with E-state index in [2.05, 4.69) is 0 Å². The molecule has 3 aliphatic rings. The van der Waals surface area contributed by atoms with Crippen LogP contribution in [-0.4, -0.2) is 181 Å². The zero-order valence-electron chi connectivity index (χ0n) is 64.0. The molecule has 0 bridgehead atoms. The van der Waals surface area contributed by atoms with Crippen molar-refractivity contribution in [2.75, 3.05) is 19.8 Å². The summed E-state index contributed by atoms with van der Waals surface area (Å²) in [6.07, 6.45) is -30.1. The Morgan fingerprint density at radius 3 is 0.660 bits per heavy atom. The molecule has 27 nitrogen and oxygen atoms in total. The fourth-order valence-corrected chi connectivity index (χ4v) is 8.45. The fraction of sp³-hybridized carbons (Fsp3) is 0.843. The van der Waals surface area contributed by atoms with E-state index in [1.165, 1.54) is 166 Å². The molecule has 3 rings (SSSR count). The van der Waals surface area contributed by atoms with E-state index < -0.39 is 235 Å². The first kappa shape index (κ1) is 89.1. The van der Waals surface area contributed by atoms with Gasteiger partial charge in [-0.3, -0.25) is 53.4 Å². The van der Waals surface area contributed by atoms with Crippen molar-refractivity contribution >= 4 is 100 Å². The molecule has 3 saturated heterocycles. The molecule has 0 aromatic carbocycles. The van der Waals surface area contributed by atoms with Crippen LogP contribution >= 0.6 is 34.8 Å². The molecule has 0 radical (unpaired) electrons. The Bertz CT molecular complexity index is 2940. The highest BCUT2D eigenvalue weighted by Crippen LogP contribution is 2.43. The first-order valence-corrected chi connectivity index (χ1v) is 34.3. The molecule has 574 valence electrons. The molecule has 3 aliphatic heterocycles. The van der Waals surface area contributed by atoms with E-state index in [-0.39, 0.29) is 0 Å². The Labute approximate surface area is 604 Å². The number of carbonyl (C=O) groups is 10. The van der Waals surface area contributed by atoms with Gasteiger partial charge in [-0.15, -0.1) is 0 Å². The minimum absolute atomic E-state index is 0.764. The third kappa shape index (κ3) is 25.3. The second-order valence-corrected chi connectivity index (χ2v) is 37.9. The largest absolute Gasteiger partial charge is 0.462 e. The molecule has 0 saturated carbocycles. The third-order valence-corrected chi connectivity index (χ3v) is 15.3. The summed E-state index contributed by atoms with van der Waals surface area (Å²) in [5, 5.41) is 8.71. The minimum atomic E-state index is -2.61. The third-order valence-electron chi connectivity index (χ3n) is 14.8. The van der Waals surface area contributed by atoms with Crippen LogP contribution in [0.5, 0.6) is 0 Å². The monoisotopic (exact) mass is 1490 g/mol. The Kier molecular flexibility index (Phi) is 28.9. The quantitative estimate of drug-likeness (QED) is 0.0438. The molecule has 0 aromatic heterocycles. The lowest BCUT2D eigenvalue weighted by atomic mass is 9.92. The molecule has 100 heavy (non-hydrogen) atoms. The normalized spacial score (nSPS) is 26.9. The molecule has 3 heterocycles. The van der Waals surface area contributed by atoms with Gasteiger partial charge in [-0.1, -0.05) is 34.8 Å². The van der Waals surface area contributed by atoms with Gasteiger partial charge in [0.1, 0.15) is 50.3 Å². The van der Waals surface area contributed by atoms with Gasteiger partial charge < -0.3 is 75.8 Å². The maximum absolute atomic E-state index is 15.0. The highest BCUT2D eigenvalue weighted by Gasteiger charge is 2.63. The standard InChI is InChI=1S/C70H112Cl3NO26/c1-60(2,3)50(75)85-31-34-37(91-47-44(98-58(83)68(25,26)27)42(96-56(81)66(19,20)21)39(93-53(78)63(10,11)12)36(89-47)33-87-52(77)62(7,8)9)40(94-54(79)64(13,14)15)43(97-57(82)67(22,23)24)46(88-34)92-38-35(32-86-51(76)61(4,5)6)90-48(100-49(74)70(71,72)73)45(99-59(84)69(28,29)30)41(38)95-55(80)65(16,17)18/h34-48,74H,31-33H2,1-30H3/t34-,35-,36-,37+,38-,39+,40+,41+,42+,43-,44-,45-,46+,47-,48-/m1/s1. The van der Waals surface area contributed by atoms with Crippen molar-refractivity contribution in [2.45, 2.75) is 304 Å². The average molecular weight is 1490 g/mol. The minimum Gasteiger partial charge on any atom is -0.462 e. The van der Waals surface area contributed by atoms with Gasteiger partial charge in [0, 0.05) is 0 Å². The summed E-state index contributed by atoms with van der Waals surface area (Å²) in [5.41, 5.74) is -13.2. The fourth-order valence-electron chi connectivity index (χ4n) is 8.32. The van der Waals surface area contributed by atoms with Crippen molar-refractivity contribution in [2.24, 2.45) is 54.1 Å². The Morgan fingerprint density at radius 1 is 0.260 bits per heavy atom. The average Bonchev–Trinajstić information content (AvgIpc) is 0.757. The smallest absolute Gasteiger partial charge is 0.311 e. The summed E-state index contributed by atoms with van der Waals surface area (Å²) in [7, 11) is 0. The number of nitrogens with one attached hydrogen (secondary N) is 1. The SMILES string of the molecule is CC(C)(C)C(=O)OC[C@H]1O[C@H](O[C@@H]2[C@H](OC(=O)C(C)(C)C)[C@@H](OC(=O)C(C)(C)C)[C@H](O[C@H]3[C@H](OC(=O)C(C)(C)C)[C@@H](OC(=O)C(C)(C)C)[C@@H](OC(=N)C(Cl)(Cl)Cl)O[C@@H]3COC(=O)C(C)(C)C)O[C@@H]2COC(=O)C(C)(C)C)[C@H](OC(=O)C(C)(C)C)[C@@H](OC(=O)C(C)(C)C)[C@H]1OC(=O)C(C)(C)C. The van der Waals surface area contributed by atoms with Crippen molar-refractivity contribution in [3.63, 3.8) is 0 Å². The van der Waals surface area contributed by atoms with Crippen LogP contribution in [0.15, 0.2) is 0 Å². The Balaban J connectivity index is 2.79. The Morgan fingerprint density at radius 2 is 0.440 bits per heavy atom. The molecule has 0 aromatic rings. The number of hydrogen-bond donors (Lipinski definition) is 1. The van der Waals surface area contributed by atoms with E-state index in [0.29, 0.717) is 0 Å². The van der Waals surface area contributed by atoms with Gasteiger partial charge in [0.05, 0.1) is 54.1 Å². The van der Waals surface area contributed by atoms with E-state index in [4.69, 9.17) is 116 Å². The van der Waals surface area contributed by atoms with Gasteiger partial charge in [-0.2, -0.15) is 0 Å². The van der Waals surface area contributed by atoms with Crippen molar-refractivity contribution in [3.8, 4) is 0 Å². The maximum atomic E-state index is 15.0. The van der Waals surface area contributed by atoms with Crippen LogP contribution in [0.2, 0.25) is 0 Å². The van der Waals surface area contributed by atoms with Crippen molar-refractivity contribution in [3.05, 3.63) is 0 Å². The molecule has 15 atom stereocenters. The topological polar surface area (TPSA) is 342 Å². The van der Waals surface area contributed by atoms with Gasteiger partial charge >= 0.3 is 59.7 Å². The first-order valence-electron chi connectivity index (χ1n) is 33.2. The molecular formula is C70H112Cl3NO26. The van der Waals surface area contributed by atoms with Crippen LogP contribution in [0.4, 0.5) is 0 Å². The van der Waals surface area contributed by atoms with Crippen LogP contribution in [0.1, 0.15) is 208 Å². The van der Waals surface area contributed by atoms with Gasteiger partial charge in [0.2, 0.25) is 18.3 Å². The van der Waals surface area contributed by atoms with Crippen LogP contribution < -0.4 is 0 Å². The molecule has 0 unspecified atom stereocenters. The van der Waals surface area contributed by atoms with Crippen LogP contribution in [-0.2, 0) is 124 Å². The number of ether oxygens (including phenoxy) is 16. The van der Waals surface area contributed by atoms with Crippen molar-refractivity contribution in [1.29, 1.82) is 5.41 Å². The van der Waals surface area contributed by atoms with E-state index in [0.717, 1.165) is 0 Å². The van der Waals surface area contributed by atoms with E-state index in [1.54, 1.807) is 41.5 Å². The highest BCUT2D eigenvalue weighted by atomic mass is 35.6. The summed E-state index contributed by atoms with van der Waals surface area (Å²) < 4.78 is 99.7. The summed E-state index contributed by atoms with van der Waals surface area (Å²) in [5.74, 6) is -10.4. The van der Waals surface area contributed by atoms with Gasteiger partial charge in [-0.05, 0) is 208 Å². The predicted octanol–water partition coefficient (Wildman–Crippen LogP) is 10.8. The van der Waals surface area contributed by atoms with Crippen molar-refractivity contribution in [1.82, 2.24) is 0 Å². The molecule has 30 heteroatoms. The van der Waals surface area contributed by atoms with Gasteiger partial charge in [-0.25, -0.2) is 0 Å². The molecule has 0 spiro atoms. The van der Waals surface area contributed by atoms with E-state index >= 15 is 0 Å². The van der Waals surface area contributed by atoms with Crippen LogP contribution in [0.3, 0.4) is 0 Å². The second kappa shape index (κ2) is 32.5. The number of hydrogen-bond acceptors (Lipinski definition) is 27. The zero-order valence-corrected chi connectivity index (χ0v) is 66.3. The zero-order chi connectivity index (χ0) is 77.9. The van der Waals surface area contributed by atoms with E-state index in [1.807, 2.05) is 0 Å². The number of rotatable bonds is 18. The predicted molar refractivity (Wildman–Crippen MR) is 361 cm³/mol. The second-order valence-electron chi connectivity index (χ2n) is 35.7. The highest BCUT2D eigenvalue weighted by molar-refractivity contribution is 6.76. The molecule has 1 N–H and O–H groups in total. The lowest BCUT2D eigenvalue weighted by Crippen LogP contribution is -2.69. The maximum Gasteiger partial charge on any atom is 0.311 e. The lowest BCUT2D eigenvalue weighted by Gasteiger charge is -2.51. The van der Waals surface area contributed by atoms with E-state index in [9.17, 15) is 47.9 Å². The summed E-state index contributed by atoms with van der Waals surface area (Å²) in [6.45, 7) is 42.9. The number of alkyl halides is 3. The lowest BCUT2D eigenvalue weighted by molar-refractivity contribution is -0.380. The molecular weight excluding hydrogens is 1380 g/mol. The van der Waals surface area contributed by atoms with Gasteiger partial charge in [0.15, 0.2) is 49.2 Å². The summed E-state index contributed by atoms with van der Waals surface area (Å²) in [4.78, 5) is 144. The van der Waals surface area contributed by atoms with Crippen LogP contribution in [0, 0.1) is 59.6 Å². The van der Waals surface area contributed by atoms with Crippen molar-refractivity contribution < 1.29 is 124 Å². The number of esters is 10. The summed E-state index contributed by atoms with van der Waals surface area (Å²) in [6, 6.07) is 0. The first-order chi connectivity index (χ1) is 44.6. The van der Waals surface area contributed by atoms with Crippen LogP contribution in [0.25, 0.3) is 0 Å². The molecule has 0 aliphatic carbocycles. The Hall–Kier alpha value is -5.16.